The van der Waals surface area contributed by atoms with E-state index >= 15 is 0 Å². The van der Waals surface area contributed by atoms with E-state index in [0.29, 0.717) is 11.4 Å². The van der Waals surface area contributed by atoms with E-state index in [2.05, 4.69) is 31.7 Å². The molecule has 0 fully saturated rings. The van der Waals surface area contributed by atoms with Gasteiger partial charge in [-0.2, -0.15) is 5.10 Å². The van der Waals surface area contributed by atoms with Gasteiger partial charge in [-0.05, 0) is 45.5 Å². The number of amides is 2. The number of hydrogen-bond acceptors (Lipinski definition) is 4. The third-order valence-corrected chi connectivity index (χ3v) is 7.20. The number of aromatic nitrogens is 2. The van der Waals surface area contributed by atoms with Gasteiger partial charge < -0.3 is 15.7 Å². The van der Waals surface area contributed by atoms with Gasteiger partial charge in [0.25, 0.3) is 0 Å². The molecule has 0 saturated heterocycles. The molecule has 3 N–H and O–H groups in total. The van der Waals surface area contributed by atoms with Crippen LogP contribution in [0.3, 0.4) is 0 Å². The fraction of sp³-hybridized carbons (Fsp3) is 0.348. The summed E-state index contributed by atoms with van der Waals surface area (Å²) in [5.41, 5.74) is 1.44. The first kappa shape index (κ1) is 24.0. The third kappa shape index (κ3) is 5.77. The molecule has 2 atom stereocenters. The number of aryl methyl sites for hydroxylation is 1. The van der Waals surface area contributed by atoms with Crippen molar-refractivity contribution in [1.29, 1.82) is 0 Å². The minimum Gasteiger partial charge on any atom is -0.465 e. The summed E-state index contributed by atoms with van der Waals surface area (Å²) in [6.45, 7) is 5.79. The normalized spacial score (nSPS) is 13.4. The molecule has 32 heavy (non-hydrogen) atoms. The lowest BCUT2D eigenvalue weighted by molar-refractivity contribution is -0.121. The molecule has 0 aliphatic heterocycles. The molecule has 2 amide bonds. The highest BCUT2D eigenvalue weighted by atomic mass is 79.9. The van der Waals surface area contributed by atoms with Gasteiger partial charge >= 0.3 is 6.09 Å². The number of carbonyl (C=O) groups is 2. The lowest BCUT2D eigenvalue weighted by Gasteiger charge is -2.36. The predicted octanol–water partition coefficient (Wildman–Crippen LogP) is 5.39. The number of nitrogens with zero attached hydrogens (tertiary/aromatic N) is 2. The van der Waals surface area contributed by atoms with Crippen LogP contribution < -0.4 is 10.6 Å². The molecule has 170 valence electrons. The van der Waals surface area contributed by atoms with Crippen LogP contribution in [-0.4, -0.2) is 32.9 Å². The molecule has 3 rings (SSSR count). The maximum absolute atomic E-state index is 13.5. The maximum Gasteiger partial charge on any atom is 0.404 e. The van der Waals surface area contributed by atoms with Crippen LogP contribution in [0.1, 0.15) is 26.3 Å². The van der Waals surface area contributed by atoms with E-state index in [9.17, 15) is 14.7 Å². The number of carboxylic acid groups (broad SMARTS) is 1. The first-order valence-electron chi connectivity index (χ1n) is 10.2. The average Bonchev–Trinajstić information content (AvgIpc) is 3.29. The first-order chi connectivity index (χ1) is 15.1. The summed E-state index contributed by atoms with van der Waals surface area (Å²) in [6, 6.07) is 12.8. The molecule has 0 bridgehead atoms. The van der Waals surface area contributed by atoms with Gasteiger partial charge in [0.15, 0.2) is 0 Å². The van der Waals surface area contributed by atoms with Crippen molar-refractivity contribution < 1.29 is 14.7 Å². The first-order valence-corrected chi connectivity index (χ1v) is 11.8. The van der Waals surface area contributed by atoms with Crippen LogP contribution in [0.25, 0.3) is 10.6 Å². The summed E-state index contributed by atoms with van der Waals surface area (Å²) >= 11 is 5.01. The van der Waals surface area contributed by atoms with Gasteiger partial charge in [-0.3, -0.25) is 9.48 Å². The van der Waals surface area contributed by atoms with Gasteiger partial charge in [-0.25, -0.2) is 4.79 Å². The summed E-state index contributed by atoms with van der Waals surface area (Å²) in [5.74, 6) is -0.831. The minimum absolute atomic E-state index is 0.229. The Morgan fingerprint density at radius 2 is 1.91 bits per heavy atom. The number of thiophene rings is 1. The average molecular weight is 519 g/mol. The van der Waals surface area contributed by atoms with Crippen LogP contribution in [0.5, 0.6) is 0 Å². The zero-order valence-corrected chi connectivity index (χ0v) is 20.8. The van der Waals surface area contributed by atoms with E-state index in [1.54, 1.807) is 10.9 Å². The van der Waals surface area contributed by atoms with Crippen LogP contribution >= 0.6 is 27.3 Å². The van der Waals surface area contributed by atoms with Gasteiger partial charge in [-0.15, -0.1) is 11.3 Å². The second kappa shape index (κ2) is 9.87. The molecule has 2 aromatic heterocycles. The number of hydrogen-bond donors (Lipinski definition) is 3. The Kier molecular flexibility index (Phi) is 7.40. The highest BCUT2D eigenvalue weighted by molar-refractivity contribution is 9.10. The Balaban J connectivity index is 1.91. The smallest absolute Gasteiger partial charge is 0.404 e. The second-order valence-electron chi connectivity index (χ2n) is 8.71. The number of nitrogens with one attached hydrogen (secondary N) is 2. The largest absolute Gasteiger partial charge is 0.465 e. The molecule has 0 aliphatic rings. The molecule has 2 heterocycles. The monoisotopic (exact) mass is 518 g/mol. The number of anilines is 1. The van der Waals surface area contributed by atoms with Crippen molar-refractivity contribution in [3.63, 3.8) is 0 Å². The molecule has 3 aromatic rings. The molecular weight excluding hydrogens is 492 g/mol. The summed E-state index contributed by atoms with van der Waals surface area (Å²) in [4.78, 5) is 26.0. The van der Waals surface area contributed by atoms with E-state index in [4.69, 9.17) is 0 Å². The summed E-state index contributed by atoms with van der Waals surface area (Å²) < 4.78 is 2.63. The Morgan fingerprint density at radius 1 is 1.22 bits per heavy atom. The molecule has 0 saturated carbocycles. The zero-order valence-electron chi connectivity index (χ0n) is 18.4. The molecule has 1 aromatic carbocycles. The minimum atomic E-state index is -1.15. The van der Waals surface area contributed by atoms with Gasteiger partial charge in [0.05, 0.1) is 21.5 Å². The predicted molar refractivity (Wildman–Crippen MR) is 131 cm³/mol. The van der Waals surface area contributed by atoms with Crippen LogP contribution in [-0.2, 0) is 18.3 Å². The topological polar surface area (TPSA) is 96.3 Å². The Bertz CT molecular complexity index is 1090. The number of rotatable bonds is 7. The highest BCUT2D eigenvalue weighted by Crippen LogP contribution is 2.39. The van der Waals surface area contributed by atoms with Crippen LogP contribution in [0, 0.1) is 11.3 Å². The molecular formula is C23H27BrN4O3S. The van der Waals surface area contributed by atoms with Crippen molar-refractivity contribution in [2.75, 3.05) is 5.32 Å². The maximum atomic E-state index is 13.5. The second-order valence-corrected chi connectivity index (χ2v) is 10.6. The van der Waals surface area contributed by atoms with Gasteiger partial charge in [0.1, 0.15) is 0 Å². The Labute approximate surface area is 200 Å². The van der Waals surface area contributed by atoms with Gasteiger partial charge in [0, 0.05) is 23.8 Å². The van der Waals surface area contributed by atoms with Gasteiger partial charge in [0.2, 0.25) is 5.91 Å². The fourth-order valence-corrected chi connectivity index (χ4v) is 5.54. The van der Waals surface area contributed by atoms with E-state index < -0.39 is 23.5 Å². The summed E-state index contributed by atoms with van der Waals surface area (Å²) in [7, 11) is 1.86. The summed E-state index contributed by atoms with van der Waals surface area (Å²) in [5, 5.41) is 19.9. The molecule has 9 heteroatoms. The lowest BCUT2D eigenvalue weighted by Crippen LogP contribution is -2.52. The van der Waals surface area contributed by atoms with E-state index in [-0.39, 0.29) is 5.91 Å². The van der Waals surface area contributed by atoms with Gasteiger partial charge in [-0.1, -0.05) is 51.1 Å². The SMILES string of the molecule is Cn1nccc1-c1sc(NC(=O)C(Cc2ccccc2)C(NC(=O)O)C(C)(C)C)cc1Br. The quantitative estimate of drug-likeness (QED) is 0.390. The fourth-order valence-electron chi connectivity index (χ4n) is 3.70. The van der Waals surface area contributed by atoms with E-state index in [1.165, 1.54) is 11.3 Å². The standard InChI is InChI=1S/C23H27BrN4O3S/c1-23(2,3)20(27-22(30)31)15(12-14-8-6-5-7-9-14)21(29)26-18-13-16(24)19(32-18)17-10-11-25-28(17)4/h5-11,13,15,20,27H,12H2,1-4H3,(H,26,29)(H,30,31). The molecule has 2 unspecified atom stereocenters. The molecule has 0 aliphatic carbocycles. The van der Waals surface area contributed by atoms with E-state index in [1.807, 2.05) is 70.3 Å². The van der Waals surface area contributed by atoms with Crippen LogP contribution in [0.4, 0.5) is 9.80 Å². The lowest BCUT2D eigenvalue weighted by atomic mass is 9.76. The highest BCUT2D eigenvalue weighted by Gasteiger charge is 2.38. The van der Waals surface area contributed by atoms with E-state index in [0.717, 1.165) is 20.6 Å². The number of benzene rings is 1. The molecule has 0 spiro atoms. The van der Waals surface area contributed by atoms with Crippen molar-refractivity contribution >= 4 is 44.3 Å². The molecule has 0 radical (unpaired) electrons. The Morgan fingerprint density at radius 3 is 2.47 bits per heavy atom. The van der Waals surface area contributed by atoms with Crippen molar-refractivity contribution in [1.82, 2.24) is 15.1 Å². The van der Waals surface area contributed by atoms with Crippen molar-refractivity contribution in [3.8, 4) is 10.6 Å². The number of carbonyl (C=O) groups excluding carboxylic acids is 1. The van der Waals surface area contributed by atoms with Crippen LogP contribution in [0.2, 0.25) is 0 Å². The third-order valence-electron chi connectivity index (χ3n) is 5.24. The van der Waals surface area contributed by atoms with Crippen LogP contribution in [0.15, 0.2) is 53.1 Å². The zero-order chi connectivity index (χ0) is 23.5. The van der Waals surface area contributed by atoms with Crippen molar-refractivity contribution in [2.24, 2.45) is 18.4 Å². The summed E-state index contributed by atoms with van der Waals surface area (Å²) in [6.07, 6.45) is 0.991. The van der Waals surface area contributed by atoms with Crippen molar-refractivity contribution in [2.45, 2.75) is 33.2 Å². The number of halogens is 1. The molecule has 7 nitrogen and oxygen atoms in total. The van der Waals surface area contributed by atoms with Crippen molar-refractivity contribution in [3.05, 3.63) is 58.7 Å². The Hall–Kier alpha value is -2.65.